The van der Waals surface area contributed by atoms with E-state index in [1.807, 2.05) is 38.1 Å². The highest BCUT2D eigenvalue weighted by atomic mass is 32.1. The van der Waals surface area contributed by atoms with Gasteiger partial charge in [0.25, 0.3) is 0 Å². The minimum absolute atomic E-state index is 0.189. The van der Waals surface area contributed by atoms with Crippen LogP contribution in [0.2, 0.25) is 0 Å². The molecule has 0 aromatic carbocycles. The number of aromatic nitrogens is 3. The number of allylic oxidation sites excluding steroid dienone is 1. The molecule has 0 fully saturated rings. The molecule has 23 heavy (non-hydrogen) atoms. The largest absolute Gasteiger partial charge is 0.326 e. The zero-order valence-corrected chi connectivity index (χ0v) is 13.9. The van der Waals surface area contributed by atoms with E-state index in [2.05, 4.69) is 10.4 Å². The van der Waals surface area contributed by atoms with Crippen molar-refractivity contribution in [2.75, 3.05) is 0 Å². The molecule has 0 radical (unpaired) electrons. The fourth-order valence-electron chi connectivity index (χ4n) is 2.36. The molecule has 3 aromatic heterocycles. The van der Waals surface area contributed by atoms with Crippen LogP contribution in [0, 0.1) is 0 Å². The lowest BCUT2D eigenvalue weighted by Crippen LogP contribution is -2.32. The summed E-state index contributed by atoms with van der Waals surface area (Å²) < 4.78 is 1.00. The molecule has 0 saturated heterocycles. The highest BCUT2D eigenvalue weighted by molar-refractivity contribution is 7.17. The lowest BCUT2D eigenvalue weighted by Gasteiger charge is -2.16. The SMILES string of the molecule is C/C=C\c1csc2c(C(N)C(C)N)nc(-c3ccncc3)nc12. The van der Waals surface area contributed by atoms with Crippen LogP contribution in [0.4, 0.5) is 0 Å². The van der Waals surface area contributed by atoms with Gasteiger partial charge in [0.2, 0.25) is 0 Å². The molecule has 2 unspecified atom stereocenters. The number of hydrogen-bond acceptors (Lipinski definition) is 6. The summed E-state index contributed by atoms with van der Waals surface area (Å²) >= 11 is 1.61. The Balaban J connectivity index is 2.28. The predicted octanol–water partition coefficient (Wildman–Crippen LogP) is 3.13. The second-order valence-corrected chi connectivity index (χ2v) is 6.30. The van der Waals surface area contributed by atoms with Crippen molar-refractivity contribution < 1.29 is 0 Å². The molecule has 0 aliphatic heterocycles. The quantitative estimate of drug-likeness (QED) is 0.769. The van der Waals surface area contributed by atoms with Gasteiger partial charge in [0.1, 0.15) is 0 Å². The highest BCUT2D eigenvalue weighted by Crippen LogP contribution is 2.32. The van der Waals surface area contributed by atoms with Crippen LogP contribution in [-0.2, 0) is 0 Å². The summed E-state index contributed by atoms with van der Waals surface area (Å²) in [6, 6.07) is 3.26. The minimum atomic E-state index is -0.335. The van der Waals surface area contributed by atoms with Crippen molar-refractivity contribution in [1.29, 1.82) is 0 Å². The third-order valence-corrected chi connectivity index (χ3v) is 4.65. The number of nitrogens with zero attached hydrogens (tertiary/aromatic N) is 3. The summed E-state index contributed by atoms with van der Waals surface area (Å²) in [5.74, 6) is 0.648. The molecule has 0 aliphatic rings. The Morgan fingerprint density at radius 1 is 1.17 bits per heavy atom. The van der Waals surface area contributed by atoms with E-state index < -0.39 is 0 Å². The number of rotatable bonds is 4. The van der Waals surface area contributed by atoms with E-state index in [1.165, 1.54) is 0 Å². The van der Waals surface area contributed by atoms with E-state index in [1.54, 1.807) is 23.7 Å². The Labute approximate surface area is 139 Å². The monoisotopic (exact) mass is 325 g/mol. The molecule has 2 atom stereocenters. The van der Waals surface area contributed by atoms with Gasteiger partial charge >= 0.3 is 0 Å². The molecule has 118 valence electrons. The molecule has 4 N–H and O–H groups in total. The first-order chi connectivity index (χ1) is 11.1. The summed E-state index contributed by atoms with van der Waals surface area (Å²) in [4.78, 5) is 13.5. The summed E-state index contributed by atoms with van der Waals surface area (Å²) in [5, 5.41) is 2.08. The number of hydrogen-bond donors (Lipinski definition) is 2. The average Bonchev–Trinajstić information content (AvgIpc) is 2.97. The van der Waals surface area contributed by atoms with E-state index >= 15 is 0 Å². The number of fused-ring (bicyclic) bond motifs is 1. The third-order valence-electron chi connectivity index (χ3n) is 3.64. The van der Waals surface area contributed by atoms with Crippen molar-refractivity contribution in [1.82, 2.24) is 15.0 Å². The van der Waals surface area contributed by atoms with Crippen molar-refractivity contribution in [3.8, 4) is 11.4 Å². The molecule has 0 bridgehead atoms. The Morgan fingerprint density at radius 2 is 1.91 bits per heavy atom. The van der Waals surface area contributed by atoms with Crippen LogP contribution >= 0.6 is 11.3 Å². The Morgan fingerprint density at radius 3 is 2.57 bits per heavy atom. The molecular weight excluding hydrogens is 306 g/mol. The van der Waals surface area contributed by atoms with Crippen molar-refractivity contribution in [2.24, 2.45) is 11.5 Å². The standard InChI is InChI=1S/C17H19N5S/c1-3-4-12-9-23-16-14(12)21-17(11-5-7-20-8-6-11)22-15(16)13(19)10(2)18/h3-10,13H,18-19H2,1-2H3/b4-3-. The number of nitrogens with two attached hydrogens (primary N) is 2. The van der Waals surface area contributed by atoms with Gasteiger partial charge in [-0.1, -0.05) is 12.2 Å². The van der Waals surface area contributed by atoms with E-state index in [9.17, 15) is 0 Å². The number of thiophene rings is 1. The maximum Gasteiger partial charge on any atom is 0.160 e. The van der Waals surface area contributed by atoms with E-state index in [-0.39, 0.29) is 12.1 Å². The first kappa shape index (κ1) is 15.7. The van der Waals surface area contributed by atoms with Crippen molar-refractivity contribution in [3.63, 3.8) is 0 Å². The van der Waals surface area contributed by atoms with E-state index in [4.69, 9.17) is 21.4 Å². The fraction of sp³-hybridized carbons (Fsp3) is 0.235. The zero-order chi connectivity index (χ0) is 16.4. The van der Waals surface area contributed by atoms with Gasteiger partial charge in [-0.2, -0.15) is 0 Å². The third kappa shape index (κ3) is 3.01. The van der Waals surface area contributed by atoms with Gasteiger partial charge in [-0.25, -0.2) is 9.97 Å². The second kappa shape index (κ2) is 6.54. The molecule has 5 nitrogen and oxygen atoms in total. The van der Waals surface area contributed by atoms with E-state index in [0.717, 1.165) is 27.0 Å². The van der Waals surface area contributed by atoms with Crippen LogP contribution in [0.15, 0.2) is 36.0 Å². The molecule has 0 amide bonds. The van der Waals surface area contributed by atoms with Crippen molar-refractivity contribution in [3.05, 3.63) is 47.2 Å². The molecule has 3 rings (SSSR count). The molecule has 0 aliphatic carbocycles. The minimum Gasteiger partial charge on any atom is -0.326 e. The zero-order valence-electron chi connectivity index (χ0n) is 13.1. The van der Waals surface area contributed by atoms with Gasteiger partial charge in [0, 0.05) is 34.9 Å². The second-order valence-electron chi connectivity index (χ2n) is 5.42. The highest BCUT2D eigenvalue weighted by Gasteiger charge is 2.20. The Bertz CT molecular complexity index is 839. The summed E-state index contributed by atoms with van der Waals surface area (Å²) in [7, 11) is 0. The molecule has 3 heterocycles. The van der Waals surface area contributed by atoms with Gasteiger partial charge in [-0.05, 0) is 26.0 Å². The van der Waals surface area contributed by atoms with Gasteiger partial charge in [0.05, 0.1) is 22.0 Å². The molecular formula is C17H19N5S. The fourth-order valence-corrected chi connectivity index (χ4v) is 3.37. The van der Waals surface area contributed by atoms with E-state index in [0.29, 0.717) is 5.82 Å². The maximum absolute atomic E-state index is 6.30. The van der Waals surface area contributed by atoms with Crippen LogP contribution in [0.5, 0.6) is 0 Å². The normalized spacial score (nSPS) is 14.4. The molecule has 0 spiro atoms. The van der Waals surface area contributed by atoms with Crippen LogP contribution in [0.3, 0.4) is 0 Å². The smallest absolute Gasteiger partial charge is 0.160 e. The van der Waals surface area contributed by atoms with Gasteiger partial charge in [-0.3, -0.25) is 4.98 Å². The Kier molecular flexibility index (Phi) is 4.47. The lowest BCUT2D eigenvalue weighted by atomic mass is 10.1. The molecule has 6 heteroatoms. The summed E-state index contributed by atoms with van der Waals surface area (Å²) in [5.41, 5.74) is 16.0. The van der Waals surface area contributed by atoms with Crippen molar-refractivity contribution >= 4 is 27.6 Å². The van der Waals surface area contributed by atoms with Gasteiger partial charge < -0.3 is 11.5 Å². The number of pyridine rings is 1. The lowest BCUT2D eigenvalue weighted by molar-refractivity contribution is 0.579. The predicted molar refractivity (Wildman–Crippen MR) is 95.9 cm³/mol. The van der Waals surface area contributed by atoms with Gasteiger partial charge in [0.15, 0.2) is 5.82 Å². The Hall–Kier alpha value is -2.15. The van der Waals surface area contributed by atoms with Gasteiger partial charge in [-0.15, -0.1) is 11.3 Å². The topological polar surface area (TPSA) is 90.7 Å². The molecule has 3 aromatic rings. The maximum atomic E-state index is 6.30. The van der Waals surface area contributed by atoms with Crippen LogP contribution in [-0.4, -0.2) is 21.0 Å². The summed E-state index contributed by atoms with van der Waals surface area (Å²) in [6.07, 6.45) is 7.51. The van der Waals surface area contributed by atoms with Crippen LogP contribution < -0.4 is 11.5 Å². The average molecular weight is 325 g/mol. The van der Waals surface area contributed by atoms with Crippen molar-refractivity contribution in [2.45, 2.75) is 25.9 Å². The first-order valence-corrected chi connectivity index (χ1v) is 8.33. The van der Waals surface area contributed by atoms with Crippen LogP contribution in [0.1, 0.15) is 31.1 Å². The van der Waals surface area contributed by atoms with Crippen LogP contribution in [0.25, 0.3) is 27.7 Å². The molecule has 0 saturated carbocycles. The summed E-state index contributed by atoms with van der Waals surface area (Å²) in [6.45, 7) is 3.88. The first-order valence-electron chi connectivity index (χ1n) is 7.45.